The van der Waals surface area contributed by atoms with E-state index in [9.17, 15) is 9.59 Å². The number of nitrogens with one attached hydrogen (secondary N) is 3. The number of hydrogen-bond acceptors (Lipinski definition) is 3. The molecule has 6 nitrogen and oxygen atoms in total. The molecule has 1 aliphatic rings. The van der Waals surface area contributed by atoms with Crippen molar-refractivity contribution < 1.29 is 9.59 Å². The molecule has 0 radical (unpaired) electrons. The fourth-order valence-electron chi connectivity index (χ4n) is 4.33. The Hall–Kier alpha value is -2.99. The van der Waals surface area contributed by atoms with Crippen molar-refractivity contribution in [1.29, 1.82) is 0 Å². The summed E-state index contributed by atoms with van der Waals surface area (Å²) in [5.41, 5.74) is 7.07. The van der Waals surface area contributed by atoms with E-state index in [0.717, 1.165) is 29.6 Å². The normalized spacial score (nSPS) is 13.4. The van der Waals surface area contributed by atoms with Gasteiger partial charge in [-0.15, -0.1) is 0 Å². The molecule has 3 N–H and O–H groups in total. The first-order valence-electron chi connectivity index (χ1n) is 13.2. The van der Waals surface area contributed by atoms with Crippen LogP contribution in [0.2, 0.25) is 5.02 Å². The first-order valence-corrected chi connectivity index (χ1v) is 13.6. The first kappa shape index (κ1) is 27.6. The largest absolute Gasteiger partial charge is 0.373 e. The summed E-state index contributed by atoms with van der Waals surface area (Å²) < 4.78 is 0. The highest BCUT2D eigenvalue weighted by molar-refractivity contribution is 6.31. The van der Waals surface area contributed by atoms with E-state index in [4.69, 9.17) is 11.6 Å². The van der Waals surface area contributed by atoms with Crippen molar-refractivity contribution in [3.8, 4) is 0 Å². The van der Waals surface area contributed by atoms with E-state index in [1.807, 2.05) is 18.2 Å². The molecule has 1 aromatic heterocycles. The molecule has 0 bridgehead atoms. The number of halogens is 1. The number of carbonyl (C=O) groups is 2. The summed E-state index contributed by atoms with van der Waals surface area (Å²) in [7, 11) is 0. The third-order valence-corrected chi connectivity index (χ3v) is 6.60. The molecule has 1 aromatic carbocycles. The van der Waals surface area contributed by atoms with Crippen molar-refractivity contribution in [2.75, 3.05) is 13.1 Å². The summed E-state index contributed by atoms with van der Waals surface area (Å²) >= 11 is 5.99. The molecular weight excluding hydrogens is 472 g/mol. The van der Waals surface area contributed by atoms with Crippen molar-refractivity contribution in [2.45, 2.75) is 71.1 Å². The van der Waals surface area contributed by atoms with Gasteiger partial charge in [0.05, 0.1) is 0 Å². The number of hydrazine groups is 1. The molecule has 0 saturated carbocycles. The summed E-state index contributed by atoms with van der Waals surface area (Å²) in [5, 5.41) is 1.43. The Bertz CT molecular complexity index is 1090. The average Bonchev–Trinajstić information content (AvgIpc) is 3.31. The van der Waals surface area contributed by atoms with E-state index >= 15 is 0 Å². The van der Waals surface area contributed by atoms with Crippen LogP contribution in [0.5, 0.6) is 0 Å². The van der Waals surface area contributed by atoms with Gasteiger partial charge in [-0.2, -0.15) is 0 Å². The first-order chi connectivity index (χ1) is 17.5. The van der Waals surface area contributed by atoms with Crippen LogP contribution in [-0.2, 0) is 4.79 Å². The predicted octanol–water partition coefficient (Wildman–Crippen LogP) is 6.82. The van der Waals surface area contributed by atoms with Crippen LogP contribution >= 0.6 is 11.6 Å². The molecule has 0 aliphatic carbocycles. The summed E-state index contributed by atoms with van der Waals surface area (Å²) in [6.07, 6.45) is 22.7. The van der Waals surface area contributed by atoms with Crippen LogP contribution in [0, 0.1) is 0 Å². The molecule has 0 atom stereocenters. The summed E-state index contributed by atoms with van der Waals surface area (Å²) in [6.45, 7) is 4.06. The van der Waals surface area contributed by atoms with Gasteiger partial charge in [0.2, 0.25) is 0 Å². The molecule has 2 amide bonds. The lowest BCUT2D eigenvalue weighted by molar-refractivity contribution is -0.117. The Labute approximate surface area is 219 Å². The number of unbranched alkanes of at least 4 members (excludes halogenated alkanes) is 9. The molecule has 7 heteroatoms. The number of amides is 2. The zero-order chi connectivity index (χ0) is 25.6. The van der Waals surface area contributed by atoms with E-state index in [1.165, 1.54) is 70.3 Å². The van der Waals surface area contributed by atoms with E-state index in [0.29, 0.717) is 10.7 Å². The van der Waals surface area contributed by atoms with Crippen LogP contribution in [-0.4, -0.2) is 34.8 Å². The number of benzene rings is 1. The van der Waals surface area contributed by atoms with Gasteiger partial charge in [0.25, 0.3) is 11.8 Å². The predicted molar refractivity (Wildman–Crippen MR) is 149 cm³/mol. The Balaban J connectivity index is 1.30. The Morgan fingerprint density at radius 1 is 1.00 bits per heavy atom. The smallest absolute Gasteiger partial charge is 0.286 e. The summed E-state index contributed by atoms with van der Waals surface area (Å²) in [4.78, 5) is 29.8. The maximum Gasteiger partial charge on any atom is 0.286 e. The number of H-pyrrole nitrogens is 1. The van der Waals surface area contributed by atoms with Gasteiger partial charge in [0.1, 0.15) is 5.69 Å². The highest BCUT2D eigenvalue weighted by Gasteiger charge is 2.11. The highest BCUT2D eigenvalue weighted by atomic mass is 35.5. The Kier molecular flexibility index (Phi) is 11.6. The van der Waals surface area contributed by atoms with Gasteiger partial charge in [-0.05, 0) is 48.5 Å². The number of carbonyl (C=O) groups excluding carboxylic acids is 2. The molecule has 0 fully saturated rings. The molecule has 0 spiro atoms. The minimum Gasteiger partial charge on any atom is -0.373 e. The third kappa shape index (κ3) is 9.57. The van der Waals surface area contributed by atoms with Crippen molar-refractivity contribution in [3.05, 3.63) is 71.1 Å². The maximum atomic E-state index is 12.3. The summed E-state index contributed by atoms with van der Waals surface area (Å²) in [5.74, 6) is -0.814. The lowest BCUT2D eigenvalue weighted by Gasteiger charge is -2.23. The molecule has 36 heavy (non-hydrogen) atoms. The van der Waals surface area contributed by atoms with Crippen molar-refractivity contribution in [1.82, 2.24) is 20.7 Å². The zero-order valence-corrected chi connectivity index (χ0v) is 22.1. The van der Waals surface area contributed by atoms with Crippen molar-refractivity contribution in [2.24, 2.45) is 0 Å². The van der Waals surface area contributed by atoms with Gasteiger partial charge in [0, 0.05) is 35.1 Å². The van der Waals surface area contributed by atoms with E-state index < -0.39 is 5.91 Å². The van der Waals surface area contributed by atoms with Crippen molar-refractivity contribution in [3.63, 3.8) is 0 Å². The van der Waals surface area contributed by atoms with Gasteiger partial charge in [-0.1, -0.05) is 88.5 Å². The minimum absolute atomic E-state index is 0.347. The number of aromatic nitrogens is 1. The average molecular weight is 511 g/mol. The third-order valence-electron chi connectivity index (χ3n) is 6.37. The van der Waals surface area contributed by atoms with Crippen LogP contribution in [0.25, 0.3) is 10.9 Å². The quantitative estimate of drug-likeness (QED) is 0.148. The number of nitrogens with zero attached hydrogens (tertiary/aromatic N) is 1. The van der Waals surface area contributed by atoms with Crippen LogP contribution in [0.4, 0.5) is 0 Å². The molecule has 194 valence electrons. The molecular formula is C29H39ClN4O2. The van der Waals surface area contributed by atoms with Gasteiger partial charge in [-0.25, -0.2) is 0 Å². The van der Waals surface area contributed by atoms with Gasteiger partial charge >= 0.3 is 0 Å². The molecule has 1 aliphatic heterocycles. The van der Waals surface area contributed by atoms with Gasteiger partial charge < -0.3 is 9.88 Å². The Morgan fingerprint density at radius 3 is 2.47 bits per heavy atom. The number of hydrogen-bond donors (Lipinski definition) is 3. The fraction of sp³-hybridized carbons (Fsp3) is 0.448. The van der Waals surface area contributed by atoms with Crippen molar-refractivity contribution >= 4 is 34.3 Å². The van der Waals surface area contributed by atoms with Crippen LogP contribution in [0.3, 0.4) is 0 Å². The Morgan fingerprint density at radius 2 is 1.72 bits per heavy atom. The number of allylic oxidation sites excluding steroid dienone is 2. The van der Waals surface area contributed by atoms with Gasteiger partial charge in [-0.3, -0.25) is 20.4 Å². The lowest BCUT2D eigenvalue weighted by Crippen LogP contribution is -2.41. The topological polar surface area (TPSA) is 77.2 Å². The standard InChI is InChI=1S/C29H39ClN4O2/c1-2-3-4-5-6-7-8-9-10-11-18-34-19-12-13-23(22-34)14-17-28(35)32-33-29(36)27-21-24-20-25(30)15-16-26(24)31-27/h12-17,19-21,31H,2-11,18,22H2,1H3,(H,32,35)(H,33,36)/b17-14+. The maximum absolute atomic E-state index is 12.3. The SMILES string of the molecule is CCCCCCCCCCCCN1C=CC=C(/C=C/C(=O)NNC(=O)c2cc3cc(Cl)ccc3[nH]2)C1. The molecule has 2 aromatic rings. The number of aromatic amines is 1. The summed E-state index contributed by atoms with van der Waals surface area (Å²) in [6, 6.07) is 7.03. The molecule has 0 saturated heterocycles. The second-order valence-corrected chi connectivity index (χ2v) is 9.86. The van der Waals surface area contributed by atoms with Crippen LogP contribution in [0.15, 0.2) is 60.3 Å². The second kappa shape index (κ2) is 15.2. The lowest BCUT2D eigenvalue weighted by atomic mass is 10.1. The van der Waals surface area contributed by atoms with Crippen LogP contribution < -0.4 is 10.9 Å². The van der Waals surface area contributed by atoms with E-state index in [-0.39, 0.29) is 5.91 Å². The van der Waals surface area contributed by atoms with E-state index in [1.54, 1.807) is 24.3 Å². The molecule has 2 heterocycles. The monoisotopic (exact) mass is 510 g/mol. The highest BCUT2D eigenvalue weighted by Crippen LogP contribution is 2.20. The number of rotatable bonds is 14. The zero-order valence-electron chi connectivity index (χ0n) is 21.3. The fourth-order valence-corrected chi connectivity index (χ4v) is 4.51. The minimum atomic E-state index is -0.424. The molecule has 3 rings (SSSR count). The molecule has 0 unspecified atom stereocenters. The number of fused-ring (bicyclic) bond motifs is 1. The van der Waals surface area contributed by atoms with Crippen LogP contribution in [0.1, 0.15) is 81.6 Å². The van der Waals surface area contributed by atoms with Gasteiger partial charge in [0.15, 0.2) is 0 Å². The second-order valence-electron chi connectivity index (χ2n) is 9.43. The van der Waals surface area contributed by atoms with E-state index in [2.05, 4.69) is 33.9 Å².